The third-order valence-corrected chi connectivity index (χ3v) is 5.93. The Kier molecular flexibility index (Phi) is 5.95. The molecule has 0 saturated heterocycles. The fourth-order valence-electron chi connectivity index (χ4n) is 3.48. The normalized spacial score (nSPS) is 11.2. The SMILES string of the molecule is COc1ccc(C[SH](=O)=O)cc1Nc1nccc(N(C)c2ccc3c(C)n(C)nc3c2)n1. The van der Waals surface area contributed by atoms with Crippen molar-refractivity contribution in [3.63, 3.8) is 0 Å². The first-order valence-electron chi connectivity index (χ1n) is 9.91. The molecule has 1 N–H and O–H groups in total. The number of hydrogen-bond acceptors (Lipinski definition) is 8. The second-order valence-corrected chi connectivity index (χ2v) is 8.34. The lowest BCUT2D eigenvalue weighted by molar-refractivity contribution is 0.416. The number of ether oxygens (including phenoxy) is 1. The molecule has 166 valence electrons. The Morgan fingerprint density at radius 3 is 2.72 bits per heavy atom. The summed E-state index contributed by atoms with van der Waals surface area (Å²) in [6.07, 6.45) is 1.66. The number of fused-ring (bicyclic) bond motifs is 1. The highest BCUT2D eigenvalue weighted by Gasteiger charge is 2.12. The molecule has 0 bridgehead atoms. The average Bonchev–Trinajstić information content (AvgIpc) is 3.06. The van der Waals surface area contributed by atoms with E-state index in [0.717, 1.165) is 22.3 Å². The van der Waals surface area contributed by atoms with Gasteiger partial charge >= 0.3 is 0 Å². The van der Waals surface area contributed by atoms with Crippen LogP contribution >= 0.6 is 0 Å². The number of nitrogens with zero attached hydrogens (tertiary/aromatic N) is 5. The summed E-state index contributed by atoms with van der Waals surface area (Å²) in [6, 6.07) is 13.1. The van der Waals surface area contributed by atoms with E-state index in [2.05, 4.69) is 26.4 Å². The van der Waals surface area contributed by atoms with Crippen LogP contribution in [0.2, 0.25) is 0 Å². The first-order chi connectivity index (χ1) is 15.4. The topological polar surface area (TPSA) is 102 Å². The molecule has 0 aliphatic rings. The van der Waals surface area contributed by atoms with Crippen molar-refractivity contribution in [1.82, 2.24) is 19.7 Å². The largest absolute Gasteiger partial charge is 0.495 e. The Morgan fingerprint density at radius 1 is 1.16 bits per heavy atom. The van der Waals surface area contributed by atoms with Gasteiger partial charge in [-0.05, 0) is 48.9 Å². The van der Waals surface area contributed by atoms with Crippen LogP contribution in [0.5, 0.6) is 5.75 Å². The van der Waals surface area contributed by atoms with Crippen LogP contribution in [0, 0.1) is 6.92 Å². The van der Waals surface area contributed by atoms with Crippen molar-refractivity contribution in [3.8, 4) is 5.75 Å². The van der Waals surface area contributed by atoms with Crippen molar-refractivity contribution in [2.24, 2.45) is 7.05 Å². The van der Waals surface area contributed by atoms with Gasteiger partial charge in [0.2, 0.25) is 5.95 Å². The van der Waals surface area contributed by atoms with E-state index in [1.54, 1.807) is 31.5 Å². The van der Waals surface area contributed by atoms with E-state index in [9.17, 15) is 8.42 Å². The van der Waals surface area contributed by atoms with Gasteiger partial charge in [0, 0.05) is 37.1 Å². The molecule has 0 atom stereocenters. The summed E-state index contributed by atoms with van der Waals surface area (Å²) < 4.78 is 29.5. The van der Waals surface area contributed by atoms with Crippen LogP contribution in [0.15, 0.2) is 48.7 Å². The molecule has 4 aromatic rings. The van der Waals surface area contributed by atoms with Gasteiger partial charge in [0.1, 0.15) is 22.3 Å². The highest BCUT2D eigenvalue weighted by Crippen LogP contribution is 2.30. The highest BCUT2D eigenvalue weighted by molar-refractivity contribution is 7.71. The summed E-state index contributed by atoms with van der Waals surface area (Å²) in [4.78, 5) is 10.9. The Bertz CT molecular complexity index is 1360. The summed E-state index contributed by atoms with van der Waals surface area (Å²) in [7, 11) is 2.88. The van der Waals surface area contributed by atoms with Gasteiger partial charge in [-0.3, -0.25) is 4.68 Å². The summed E-state index contributed by atoms with van der Waals surface area (Å²) in [5, 5.41) is 8.81. The minimum Gasteiger partial charge on any atom is -0.495 e. The molecule has 0 spiro atoms. The van der Waals surface area contributed by atoms with Crippen molar-refractivity contribution >= 4 is 44.7 Å². The first-order valence-corrected chi connectivity index (χ1v) is 11.3. The molecule has 0 aliphatic carbocycles. The lowest BCUT2D eigenvalue weighted by Crippen LogP contribution is -2.12. The fourth-order valence-corrected chi connectivity index (χ4v) is 3.97. The van der Waals surface area contributed by atoms with E-state index >= 15 is 0 Å². The molecule has 2 aromatic heterocycles. The zero-order valence-corrected chi connectivity index (χ0v) is 19.1. The summed E-state index contributed by atoms with van der Waals surface area (Å²) in [6.45, 7) is 2.04. The lowest BCUT2D eigenvalue weighted by atomic mass is 10.2. The van der Waals surface area contributed by atoms with E-state index in [4.69, 9.17) is 4.74 Å². The maximum atomic E-state index is 11.1. The molecule has 0 fully saturated rings. The Balaban J connectivity index is 1.62. The zero-order chi connectivity index (χ0) is 22.8. The number of rotatable bonds is 7. The van der Waals surface area contributed by atoms with Crippen LogP contribution in [0.3, 0.4) is 0 Å². The standard InChI is InChI=1S/C22H24N6O3S/c1-14-17-7-6-16(12-18(17)26-28(14)3)27(2)21-9-10-23-22(25-21)24-19-11-15(13-32(29)30)5-8-20(19)31-4/h5-12,32H,13H2,1-4H3,(H,23,24,25). The van der Waals surface area contributed by atoms with Crippen molar-refractivity contribution in [3.05, 3.63) is 59.9 Å². The van der Waals surface area contributed by atoms with Gasteiger partial charge in [-0.15, -0.1) is 0 Å². The molecule has 9 nitrogen and oxygen atoms in total. The van der Waals surface area contributed by atoms with Crippen molar-refractivity contribution in [2.45, 2.75) is 12.7 Å². The number of aromatic nitrogens is 4. The summed E-state index contributed by atoms with van der Waals surface area (Å²) >= 11 is 0. The van der Waals surface area contributed by atoms with Crippen molar-refractivity contribution in [2.75, 3.05) is 24.4 Å². The van der Waals surface area contributed by atoms with Crippen LogP contribution in [0.25, 0.3) is 10.9 Å². The van der Waals surface area contributed by atoms with Crippen LogP contribution in [-0.4, -0.2) is 42.3 Å². The Hall–Kier alpha value is -3.66. The van der Waals surface area contributed by atoms with E-state index in [-0.39, 0.29) is 5.75 Å². The third kappa shape index (κ3) is 4.35. The van der Waals surface area contributed by atoms with Crippen molar-refractivity contribution < 1.29 is 13.2 Å². The Labute approximate surface area is 187 Å². The summed E-state index contributed by atoms with van der Waals surface area (Å²) in [5.41, 5.74) is 4.21. The molecular formula is C22H24N6O3S. The zero-order valence-electron chi connectivity index (χ0n) is 18.2. The van der Waals surface area contributed by atoms with Gasteiger partial charge in [0.05, 0.1) is 24.1 Å². The van der Waals surface area contributed by atoms with Crippen LogP contribution in [0.4, 0.5) is 23.1 Å². The van der Waals surface area contributed by atoms with Gasteiger partial charge in [0.15, 0.2) is 0 Å². The average molecular weight is 453 g/mol. The number of benzene rings is 2. The number of thiol groups is 1. The number of anilines is 4. The molecule has 0 aliphatic heterocycles. The first kappa shape index (κ1) is 21.6. The second kappa shape index (κ2) is 8.83. The molecule has 4 rings (SSSR count). The monoisotopic (exact) mass is 452 g/mol. The Morgan fingerprint density at radius 2 is 1.97 bits per heavy atom. The smallest absolute Gasteiger partial charge is 0.229 e. The highest BCUT2D eigenvalue weighted by atomic mass is 32.2. The lowest BCUT2D eigenvalue weighted by Gasteiger charge is -2.19. The van der Waals surface area contributed by atoms with Gasteiger partial charge in [0.25, 0.3) is 0 Å². The molecule has 0 saturated carbocycles. The van der Waals surface area contributed by atoms with Gasteiger partial charge < -0.3 is 15.0 Å². The molecule has 10 heteroatoms. The molecule has 0 radical (unpaired) electrons. The van der Waals surface area contributed by atoms with Crippen LogP contribution in [0.1, 0.15) is 11.3 Å². The molecular weight excluding hydrogens is 428 g/mol. The van der Waals surface area contributed by atoms with Crippen LogP contribution in [-0.2, 0) is 23.5 Å². The molecule has 2 heterocycles. The maximum Gasteiger partial charge on any atom is 0.229 e. The van der Waals surface area contributed by atoms with E-state index < -0.39 is 10.7 Å². The minimum absolute atomic E-state index is 0.0485. The predicted octanol–water partition coefficient (Wildman–Crippen LogP) is 3.30. The molecule has 0 unspecified atom stereocenters. The maximum absolute atomic E-state index is 11.1. The molecule has 2 aromatic carbocycles. The van der Waals surface area contributed by atoms with Gasteiger partial charge in [-0.2, -0.15) is 10.1 Å². The fraction of sp³-hybridized carbons (Fsp3) is 0.227. The third-order valence-electron chi connectivity index (χ3n) is 5.31. The quantitative estimate of drug-likeness (QED) is 0.412. The van der Waals surface area contributed by atoms with E-state index in [1.165, 1.54) is 0 Å². The number of methoxy groups -OCH3 is 1. The second-order valence-electron chi connectivity index (χ2n) is 7.36. The van der Waals surface area contributed by atoms with E-state index in [0.29, 0.717) is 28.8 Å². The van der Waals surface area contributed by atoms with E-state index in [1.807, 2.05) is 48.8 Å². The number of hydrogen-bond donors (Lipinski definition) is 2. The predicted molar refractivity (Wildman–Crippen MR) is 126 cm³/mol. The van der Waals surface area contributed by atoms with Gasteiger partial charge in [-0.1, -0.05) is 6.07 Å². The van der Waals surface area contributed by atoms with Crippen molar-refractivity contribution in [1.29, 1.82) is 0 Å². The number of aryl methyl sites for hydroxylation is 2. The van der Waals surface area contributed by atoms with Gasteiger partial charge in [-0.25, -0.2) is 13.4 Å². The van der Waals surface area contributed by atoms with Crippen LogP contribution < -0.4 is 15.0 Å². The molecule has 32 heavy (non-hydrogen) atoms. The molecule has 0 amide bonds. The summed E-state index contributed by atoms with van der Waals surface area (Å²) in [5.74, 6) is 1.57. The number of nitrogens with one attached hydrogen (secondary N) is 1. The minimum atomic E-state index is -2.53.